The van der Waals surface area contributed by atoms with Gasteiger partial charge in [-0.15, -0.1) is 0 Å². The molecule has 128 valence electrons. The van der Waals surface area contributed by atoms with E-state index >= 15 is 0 Å². The summed E-state index contributed by atoms with van der Waals surface area (Å²) >= 11 is 0. The van der Waals surface area contributed by atoms with Gasteiger partial charge in [0.1, 0.15) is 0 Å². The molecule has 4 heterocycles. The first-order valence-corrected chi connectivity index (χ1v) is 8.96. The number of urea groups is 1. The molecule has 2 N–H and O–H groups in total. The molecule has 3 fully saturated rings. The number of piperidine rings is 1. The Balaban J connectivity index is 1.26. The Kier molecular flexibility index (Phi) is 4.38. The van der Waals surface area contributed by atoms with E-state index in [0.717, 1.165) is 43.5 Å². The normalized spacial score (nSPS) is 23.4. The fourth-order valence-electron chi connectivity index (χ4n) is 3.84. The number of aryl methyl sites for hydroxylation is 1. The summed E-state index contributed by atoms with van der Waals surface area (Å²) in [6, 6.07) is 8.77. The van der Waals surface area contributed by atoms with Crippen molar-refractivity contribution in [1.29, 1.82) is 0 Å². The van der Waals surface area contributed by atoms with Crippen LogP contribution in [-0.2, 0) is 6.54 Å². The molecule has 3 aliphatic rings. The highest BCUT2D eigenvalue weighted by Crippen LogP contribution is 2.21. The summed E-state index contributed by atoms with van der Waals surface area (Å²) in [4.78, 5) is 14.4. The summed E-state index contributed by atoms with van der Waals surface area (Å²) in [5, 5.41) is 12.2. The Morgan fingerprint density at radius 1 is 1.29 bits per heavy atom. The molecule has 1 aromatic carbocycles. The summed E-state index contributed by atoms with van der Waals surface area (Å²) in [5.74, 6) is 0.616. The van der Waals surface area contributed by atoms with E-state index in [0.29, 0.717) is 18.5 Å². The number of amides is 2. The van der Waals surface area contributed by atoms with Crippen LogP contribution in [-0.4, -0.2) is 52.9 Å². The van der Waals surface area contributed by atoms with Gasteiger partial charge in [-0.25, -0.2) is 4.79 Å². The minimum absolute atomic E-state index is 0.0842. The summed E-state index contributed by atoms with van der Waals surface area (Å²) < 4.78 is 2.01. The highest BCUT2D eigenvalue weighted by molar-refractivity contribution is 5.78. The Hall–Kier alpha value is -2.08. The second-order valence-electron chi connectivity index (χ2n) is 6.97. The molecular weight excluding hydrogens is 302 g/mol. The van der Waals surface area contributed by atoms with Gasteiger partial charge in [0.15, 0.2) is 0 Å². The molecule has 0 saturated carbocycles. The van der Waals surface area contributed by atoms with Crippen molar-refractivity contribution >= 4 is 16.9 Å². The molecular formula is C18H25N5O. The van der Waals surface area contributed by atoms with Crippen LogP contribution in [0.25, 0.3) is 10.9 Å². The Bertz CT molecular complexity index is 690. The fourth-order valence-corrected chi connectivity index (χ4v) is 3.84. The zero-order valence-corrected chi connectivity index (χ0v) is 13.9. The number of aromatic nitrogens is 2. The number of fused-ring (bicyclic) bond motifs is 5. The molecule has 2 bridgehead atoms. The number of carbonyl (C=O) groups excluding carboxylic acids is 1. The van der Waals surface area contributed by atoms with E-state index in [-0.39, 0.29) is 6.03 Å². The zero-order chi connectivity index (χ0) is 16.4. The average molecular weight is 327 g/mol. The maximum Gasteiger partial charge on any atom is 0.317 e. The van der Waals surface area contributed by atoms with Gasteiger partial charge in [0.05, 0.1) is 11.7 Å². The smallest absolute Gasteiger partial charge is 0.317 e. The number of benzene rings is 1. The second kappa shape index (κ2) is 6.81. The predicted molar refractivity (Wildman–Crippen MR) is 93.8 cm³/mol. The molecule has 0 radical (unpaired) electrons. The van der Waals surface area contributed by atoms with E-state index in [1.165, 1.54) is 12.8 Å². The van der Waals surface area contributed by atoms with E-state index in [1.54, 1.807) is 0 Å². The Labute approximate surface area is 142 Å². The third-order valence-corrected chi connectivity index (χ3v) is 5.20. The number of nitrogens with one attached hydrogen (secondary N) is 2. The minimum Gasteiger partial charge on any atom is -0.338 e. The van der Waals surface area contributed by atoms with Gasteiger partial charge in [0, 0.05) is 37.6 Å². The van der Waals surface area contributed by atoms with Crippen molar-refractivity contribution in [3.63, 3.8) is 0 Å². The lowest BCUT2D eigenvalue weighted by atomic mass is 9.97. The molecule has 6 heteroatoms. The van der Waals surface area contributed by atoms with Crippen molar-refractivity contribution in [3.05, 3.63) is 30.5 Å². The van der Waals surface area contributed by atoms with Crippen LogP contribution in [0.15, 0.2) is 30.5 Å². The van der Waals surface area contributed by atoms with Crippen LogP contribution in [0.4, 0.5) is 4.79 Å². The fraction of sp³-hybridized carbons (Fsp3) is 0.556. The molecule has 6 nitrogen and oxygen atoms in total. The van der Waals surface area contributed by atoms with Gasteiger partial charge < -0.3 is 15.5 Å². The van der Waals surface area contributed by atoms with E-state index in [4.69, 9.17) is 0 Å². The van der Waals surface area contributed by atoms with Crippen LogP contribution < -0.4 is 10.6 Å². The van der Waals surface area contributed by atoms with Gasteiger partial charge in [-0.3, -0.25) is 4.68 Å². The van der Waals surface area contributed by atoms with E-state index in [2.05, 4.69) is 27.9 Å². The van der Waals surface area contributed by atoms with Gasteiger partial charge in [0.25, 0.3) is 0 Å². The van der Waals surface area contributed by atoms with Crippen LogP contribution in [0.3, 0.4) is 0 Å². The molecule has 2 aromatic rings. The maximum absolute atomic E-state index is 12.4. The molecule has 0 aliphatic carbocycles. The summed E-state index contributed by atoms with van der Waals surface area (Å²) in [6.07, 6.45) is 5.22. The van der Waals surface area contributed by atoms with Crippen LogP contribution in [0, 0.1) is 5.92 Å². The molecule has 5 rings (SSSR count). The highest BCUT2D eigenvalue weighted by atomic mass is 16.2. The Morgan fingerprint density at radius 3 is 3.08 bits per heavy atom. The van der Waals surface area contributed by atoms with Gasteiger partial charge in [-0.1, -0.05) is 18.2 Å². The van der Waals surface area contributed by atoms with Gasteiger partial charge in [-0.2, -0.15) is 5.10 Å². The third kappa shape index (κ3) is 3.24. The van der Waals surface area contributed by atoms with Crippen molar-refractivity contribution in [2.75, 3.05) is 26.2 Å². The van der Waals surface area contributed by atoms with E-state index < -0.39 is 0 Å². The zero-order valence-electron chi connectivity index (χ0n) is 13.9. The number of hydrogen-bond acceptors (Lipinski definition) is 3. The van der Waals surface area contributed by atoms with Gasteiger partial charge in [-0.05, 0) is 37.8 Å². The van der Waals surface area contributed by atoms with Crippen molar-refractivity contribution in [2.45, 2.75) is 31.8 Å². The first-order valence-electron chi connectivity index (χ1n) is 8.96. The lowest BCUT2D eigenvalue weighted by Crippen LogP contribution is -2.44. The van der Waals surface area contributed by atoms with Crippen molar-refractivity contribution in [3.8, 4) is 0 Å². The number of para-hydroxylation sites is 1. The first-order chi connectivity index (χ1) is 11.8. The number of carbonyl (C=O) groups is 1. The molecule has 2 atom stereocenters. The molecule has 2 amide bonds. The second-order valence-corrected chi connectivity index (χ2v) is 6.97. The lowest BCUT2D eigenvalue weighted by molar-refractivity contribution is 0.195. The summed E-state index contributed by atoms with van der Waals surface area (Å²) in [5.41, 5.74) is 1.15. The monoisotopic (exact) mass is 327 g/mol. The standard InChI is InChI=1S/C18H25N5O/c24-18(22-12-14-6-7-16(13-22)20-10-14)19-8-3-9-23-17-5-2-1-4-15(17)11-21-23/h1-2,4-5,11,14,16,20H,3,6-10,12-13H2,(H,19,24). The topological polar surface area (TPSA) is 62.2 Å². The number of rotatable bonds is 4. The van der Waals surface area contributed by atoms with Crippen molar-refractivity contribution < 1.29 is 4.79 Å². The summed E-state index contributed by atoms with van der Waals surface area (Å²) in [7, 11) is 0. The number of hydrogen-bond donors (Lipinski definition) is 2. The molecule has 0 spiro atoms. The summed E-state index contributed by atoms with van der Waals surface area (Å²) in [6.45, 7) is 4.29. The quantitative estimate of drug-likeness (QED) is 0.842. The SMILES string of the molecule is O=C(NCCCn1ncc2ccccc21)N1CC2CCC(C1)NC2. The molecule has 3 saturated heterocycles. The molecule has 24 heavy (non-hydrogen) atoms. The molecule has 2 unspecified atom stereocenters. The van der Waals surface area contributed by atoms with Crippen molar-refractivity contribution in [1.82, 2.24) is 25.3 Å². The molecule has 1 aromatic heterocycles. The van der Waals surface area contributed by atoms with E-state index in [9.17, 15) is 4.79 Å². The highest BCUT2D eigenvalue weighted by Gasteiger charge is 2.30. The largest absolute Gasteiger partial charge is 0.338 e. The maximum atomic E-state index is 12.4. The number of nitrogens with zero attached hydrogens (tertiary/aromatic N) is 3. The first kappa shape index (κ1) is 15.4. The van der Waals surface area contributed by atoms with Gasteiger partial charge >= 0.3 is 6.03 Å². The van der Waals surface area contributed by atoms with Crippen molar-refractivity contribution in [2.24, 2.45) is 5.92 Å². The van der Waals surface area contributed by atoms with Crippen LogP contribution >= 0.6 is 0 Å². The average Bonchev–Trinajstić information content (AvgIpc) is 2.79. The third-order valence-electron chi connectivity index (χ3n) is 5.20. The van der Waals surface area contributed by atoms with Crippen LogP contribution in [0.1, 0.15) is 19.3 Å². The van der Waals surface area contributed by atoms with Gasteiger partial charge in [0.2, 0.25) is 0 Å². The van der Waals surface area contributed by atoms with E-state index in [1.807, 2.05) is 27.9 Å². The minimum atomic E-state index is 0.0842. The predicted octanol–water partition coefficient (Wildman–Crippen LogP) is 1.82. The van der Waals surface area contributed by atoms with Crippen LogP contribution in [0.2, 0.25) is 0 Å². The Morgan fingerprint density at radius 2 is 2.21 bits per heavy atom. The lowest BCUT2D eigenvalue weighted by Gasteiger charge is -2.23. The van der Waals surface area contributed by atoms with Crippen LogP contribution in [0.5, 0.6) is 0 Å². The molecule has 3 aliphatic heterocycles.